The quantitative estimate of drug-likeness (QED) is 0.608. The predicted octanol–water partition coefficient (Wildman–Crippen LogP) is 3.99. The highest BCUT2D eigenvalue weighted by Crippen LogP contribution is 2.24. The average molecular weight is 417 g/mol. The van der Waals surface area contributed by atoms with Crippen LogP contribution in [0.4, 0.5) is 5.82 Å². The van der Waals surface area contributed by atoms with Gasteiger partial charge in [0.2, 0.25) is 5.91 Å². The summed E-state index contributed by atoms with van der Waals surface area (Å²) < 4.78 is 5.21. The highest BCUT2D eigenvalue weighted by molar-refractivity contribution is 5.84. The van der Waals surface area contributed by atoms with Crippen molar-refractivity contribution in [3.8, 4) is 17.0 Å². The Labute approximate surface area is 183 Å². The van der Waals surface area contributed by atoms with Gasteiger partial charge in [0.05, 0.1) is 18.7 Å². The van der Waals surface area contributed by atoms with Crippen LogP contribution in [0.1, 0.15) is 24.8 Å². The molecular weight excluding hydrogens is 388 g/mol. The van der Waals surface area contributed by atoms with Crippen LogP contribution in [0.15, 0.2) is 66.7 Å². The Morgan fingerprint density at radius 1 is 0.935 bits per heavy atom. The SMILES string of the molecule is CCC(C(=O)N1CCN(c2ccc(-c3ccc(OC)cc3)nn2)CC1)c1ccccc1. The van der Waals surface area contributed by atoms with Gasteiger partial charge in [-0.3, -0.25) is 4.79 Å². The van der Waals surface area contributed by atoms with Gasteiger partial charge in [-0.15, -0.1) is 10.2 Å². The molecule has 0 N–H and O–H groups in total. The van der Waals surface area contributed by atoms with Crippen molar-refractivity contribution in [2.24, 2.45) is 0 Å². The van der Waals surface area contributed by atoms with Crippen molar-refractivity contribution in [3.05, 3.63) is 72.3 Å². The first kappa shape index (κ1) is 20.8. The monoisotopic (exact) mass is 416 g/mol. The smallest absolute Gasteiger partial charge is 0.230 e. The molecule has 0 bridgehead atoms. The first-order valence-electron chi connectivity index (χ1n) is 10.8. The molecule has 1 saturated heterocycles. The van der Waals surface area contributed by atoms with Crippen molar-refractivity contribution in [1.29, 1.82) is 0 Å². The number of nitrogens with zero attached hydrogens (tertiary/aromatic N) is 4. The fourth-order valence-electron chi connectivity index (χ4n) is 4.02. The van der Waals surface area contributed by atoms with Gasteiger partial charge >= 0.3 is 0 Å². The van der Waals surface area contributed by atoms with Crippen molar-refractivity contribution >= 4 is 11.7 Å². The van der Waals surface area contributed by atoms with E-state index in [2.05, 4.69) is 22.0 Å². The molecule has 6 nitrogen and oxygen atoms in total. The predicted molar refractivity (Wildman–Crippen MR) is 122 cm³/mol. The molecule has 1 fully saturated rings. The van der Waals surface area contributed by atoms with Gasteiger partial charge in [0.1, 0.15) is 5.75 Å². The van der Waals surface area contributed by atoms with Gasteiger partial charge in [-0.25, -0.2) is 0 Å². The van der Waals surface area contributed by atoms with Crippen LogP contribution in [-0.2, 0) is 4.79 Å². The van der Waals surface area contributed by atoms with Crippen LogP contribution in [0.3, 0.4) is 0 Å². The van der Waals surface area contributed by atoms with Gasteiger partial charge < -0.3 is 14.5 Å². The average Bonchev–Trinajstić information content (AvgIpc) is 2.85. The lowest BCUT2D eigenvalue weighted by atomic mass is 9.95. The maximum atomic E-state index is 13.1. The largest absolute Gasteiger partial charge is 0.497 e. The lowest BCUT2D eigenvalue weighted by Crippen LogP contribution is -2.50. The zero-order valence-electron chi connectivity index (χ0n) is 18.1. The molecule has 2 heterocycles. The number of rotatable bonds is 6. The third kappa shape index (κ3) is 4.68. The van der Waals surface area contributed by atoms with Gasteiger partial charge in [-0.05, 0) is 48.4 Å². The number of methoxy groups -OCH3 is 1. The minimum absolute atomic E-state index is 0.0729. The van der Waals surface area contributed by atoms with E-state index in [4.69, 9.17) is 4.74 Å². The van der Waals surface area contributed by atoms with E-state index >= 15 is 0 Å². The highest BCUT2D eigenvalue weighted by atomic mass is 16.5. The summed E-state index contributed by atoms with van der Waals surface area (Å²) in [4.78, 5) is 17.3. The van der Waals surface area contributed by atoms with Crippen LogP contribution in [-0.4, -0.2) is 54.3 Å². The van der Waals surface area contributed by atoms with E-state index in [0.717, 1.165) is 47.9 Å². The number of anilines is 1. The minimum Gasteiger partial charge on any atom is -0.497 e. The van der Waals surface area contributed by atoms with E-state index < -0.39 is 0 Å². The molecule has 0 aliphatic carbocycles. The van der Waals surface area contributed by atoms with Crippen LogP contribution < -0.4 is 9.64 Å². The van der Waals surface area contributed by atoms with E-state index in [1.54, 1.807) is 7.11 Å². The minimum atomic E-state index is -0.0729. The molecule has 0 spiro atoms. The maximum Gasteiger partial charge on any atom is 0.230 e. The van der Waals surface area contributed by atoms with E-state index in [0.29, 0.717) is 13.1 Å². The summed E-state index contributed by atoms with van der Waals surface area (Å²) in [6.45, 7) is 4.99. The molecule has 1 aromatic heterocycles. The van der Waals surface area contributed by atoms with Gasteiger partial charge in [0.25, 0.3) is 0 Å². The van der Waals surface area contributed by atoms with Crippen molar-refractivity contribution < 1.29 is 9.53 Å². The van der Waals surface area contributed by atoms with Gasteiger partial charge in [-0.2, -0.15) is 0 Å². The topological polar surface area (TPSA) is 58.6 Å². The van der Waals surface area contributed by atoms with Gasteiger partial charge in [0, 0.05) is 31.7 Å². The second-order valence-electron chi connectivity index (χ2n) is 7.69. The van der Waals surface area contributed by atoms with Crippen molar-refractivity contribution in [2.45, 2.75) is 19.3 Å². The van der Waals surface area contributed by atoms with Crippen molar-refractivity contribution in [1.82, 2.24) is 15.1 Å². The fraction of sp³-hybridized carbons (Fsp3) is 0.320. The van der Waals surface area contributed by atoms with Gasteiger partial charge in [0.15, 0.2) is 5.82 Å². The van der Waals surface area contributed by atoms with E-state index in [-0.39, 0.29) is 11.8 Å². The lowest BCUT2D eigenvalue weighted by molar-refractivity contribution is -0.133. The molecule has 1 aliphatic heterocycles. The molecule has 3 aromatic rings. The Bertz CT molecular complexity index is 982. The lowest BCUT2D eigenvalue weighted by Gasteiger charge is -2.36. The number of hydrogen-bond acceptors (Lipinski definition) is 5. The summed E-state index contributed by atoms with van der Waals surface area (Å²) >= 11 is 0. The van der Waals surface area contributed by atoms with Crippen molar-refractivity contribution in [2.75, 3.05) is 38.2 Å². The second-order valence-corrected chi connectivity index (χ2v) is 7.69. The summed E-state index contributed by atoms with van der Waals surface area (Å²) in [5, 5.41) is 8.83. The number of aromatic nitrogens is 2. The molecule has 1 amide bonds. The summed E-state index contributed by atoms with van der Waals surface area (Å²) in [6.07, 6.45) is 0.807. The summed E-state index contributed by atoms with van der Waals surface area (Å²) in [5.41, 5.74) is 2.92. The standard InChI is InChI=1S/C25H28N4O2/c1-3-22(19-7-5-4-6-8-19)25(30)29-17-15-28(16-18-29)24-14-13-23(26-27-24)20-9-11-21(31-2)12-10-20/h4-14,22H,3,15-18H2,1-2H3. The molecule has 6 heteroatoms. The number of hydrogen-bond donors (Lipinski definition) is 0. The molecule has 1 atom stereocenters. The van der Waals surface area contributed by atoms with Crippen LogP contribution in [0.25, 0.3) is 11.3 Å². The Kier molecular flexibility index (Phi) is 6.46. The zero-order chi connectivity index (χ0) is 21.6. The van der Waals surface area contributed by atoms with E-state index in [9.17, 15) is 4.79 Å². The Balaban J connectivity index is 1.37. The molecule has 1 aliphatic rings. The Morgan fingerprint density at radius 3 is 2.23 bits per heavy atom. The molecule has 1 unspecified atom stereocenters. The fourth-order valence-corrected chi connectivity index (χ4v) is 4.02. The number of carbonyl (C=O) groups excluding carboxylic acids is 1. The molecule has 0 radical (unpaired) electrons. The Hall–Kier alpha value is -3.41. The molecule has 2 aromatic carbocycles. The molecule has 4 rings (SSSR count). The number of amides is 1. The highest BCUT2D eigenvalue weighted by Gasteiger charge is 2.27. The first-order chi connectivity index (χ1) is 15.2. The van der Waals surface area contributed by atoms with Crippen molar-refractivity contribution in [3.63, 3.8) is 0 Å². The summed E-state index contributed by atoms with van der Waals surface area (Å²) in [5.74, 6) is 1.81. The van der Waals surface area contributed by atoms with Crippen LogP contribution >= 0.6 is 0 Å². The molecule has 160 valence electrons. The van der Waals surface area contributed by atoms with Gasteiger partial charge in [-0.1, -0.05) is 37.3 Å². The number of piperazine rings is 1. The zero-order valence-corrected chi connectivity index (χ0v) is 18.1. The number of benzene rings is 2. The Morgan fingerprint density at radius 2 is 1.65 bits per heavy atom. The normalized spacial score (nSPS) is 14.9. The third-order valence-corrected chi connectivity index (χ3v) is 5.86. The molecular formula is C25H28N4O2. The summed E-state index contributed by atoms with van der Waals surface area (Å²) in [7, 11) is 1.65. The number of carbonyl (C=O) groups is 1. The second kappa shape index (κ2) is 9.60. The number of ether oxygens (including phenoxy) is 1. The van der Waals surface area contributed by atoms with Crippen LogP contribution in [0, 0.1) is 0 Å². The summed E-state index contributed by atoms with van der Waals surface area (Å²) in [6, 6.07) is 21.8. The molecule has 0 saturated carbocycles. The van der Waals surface area contributed by atoms with E-state index in [1.807, 2.05) is 71.6 Å². The molecule has 31 heavy (non-hydrogen) atoms. The van der Waals surface area contributed by atoms with E-state index in [1.165, 1.54) is 0 Å². The third-order valence-electron chi connectivity index (χ3n) is 5.86. The van der Waals surface area contributed by atoms with Crippen LogP contribution in [0.5, 0.6) is 5.75 Å². The van der Waals surface area contributed by atoms with Crippen LogP contribution in [0.2, 0.25) is 0 Å². The maximum absolute atomic E-state index is 13.1. The first-order valence-corrected chi connectivity index (χ1v) is 10.8.